The Morgan fingerprint density at radius 1 is 1.31 bits per heavy atom. The molecule has 0 aromatic heterocycles. The maximum atomic E-state index is 12.9. The van der Waals surface area contributed by atoms with Crippen molar-refractivity contribution in [3.63, 3.8) is 0 Å². The first-order valence-corrected chi connectivity index (χ1v) is 4.46. The average molecular weight is 230 g/mol. The first-order chi connectivity index (χ1) is 7.60. The van der Waals surface area contributed by atoms with Gasteiger partial charge in [0.25, 0.3) is 0 Å². The number of nitrogens with two attached hydrogens (primary N) is 1. The first kappa shape index (κ1) is 12.5. The summed E-state index contributed by atoms with van der Waals surface area (Å²) < 4.78 is 43.3. The molecule has 0 fully saturated rings. The fraction of sp³-hybridized carbons (Fsp3) is 0.300. The van der Waals surface area contributed by atoms with Crippen LogP contribution in [0.2, 0.25) is 0 Å². The Labute approximate surface area is 90.2 Å². The van der Waals surface area contributed by atoms with Crippen molar-refractivity contribution in [1.82, 2.24) is 0 Å². The highest BCUT2D eigenvalue weighted by Crippen LogP contribution is 2.21. The third-order valence-electron chi connectivity index (χ3n) is 1.83. The second kappa shape index (κ2) is 5.49. The lowest BCUT2D eigenvalue weighted by Crippen LogP contribution is -2.12. The molecule has 1 rings (SSSR count). The SMILES string of the molecule is N#CC(OCCN)c1cc(F)c(F)c(F)c1. The highest BCUT2D eigenvalue weighted by molar-refractivity contribution is 5.25. The van der Waals surface area contributed by atoms with Crippen LogP contribution in [-0.2, 0) is 4.74 Å². The fourth-order valence-corrected chi connectivity index (χ4v) is 1.12. The van der Waals surface area contributed by atoms with Gasteiger partial charge in [0.1, 0.15) is 0 Å². The zero-order valence-corrected chi connectivity index (χ0v) is 8.21. The van der Waals surface area contributed by atoms with Crippen LogP contribution in [0.3, 0.4) is 0 Å². The summed E-state index contributed by atoms with van der Waals surface area (Å²) >= 11 is 0. The van der Waals surface area contributed by atoms with Crippen molar-refractivity contribution in [2.45, 2.75) is 6.10 Å². The van der Waals surface area contributed by atoms with E-state index in [4.69, 9.17) is 15.7 Å². The molecule has 1 unspecified atom stereocenters. The lowest BCUT2D eigenvalue weighted by Gasteiger charge is -2.10. The second-order valence-corrected chi connectivity index (χ2v) is 2.97. The highest BCUT2D eigenvalue weighted by atomic mass is 19.2. The Hall–Kier alpha value is -1.58. The Morgan fingerprint density at radius 3 is 2.31 bits per heavy atom. The molecular weight excluding hydrogens is 221 g/mol. The summed E-state index contributed by atoms with van der Waals surface area (Å²) in [6.07, 6.45) is -1.16. The number of nitriles is 1. The van der Waals surface area contributed by atoms with Crippen LogP contribution in [0.4, 0.5) is 13.2 Å². The summed E-state index contributed by atoms with van der Waals surface area (Å²) in [4.78, 5) is 0. The van der Waals surface area contributed by atoms with Gasteiger partial charge < -0.3 is 10.5 Å². The van der Waals surface area contributed by atoms with Crippen molar-refractivity contribution in [2.75, 3.05) is 13.2 Å². The Morgan fingerprint density at radius 2 is 1.88 bits per heavy atom. The van der Waals surface area contributed by atoms with Gasteiger partial charge in [0.15, 0.2) is 23.6 Å². The quantitative estimate of drug-likeness (QED) is 0.800. The Bertz CT molecular complexity index is 394. The van der Waals surface area contributed by atoms with E-state index < -0.39 is 23.6 Å². The molecule has 0 saturated carbocycles. The summed E-state index contributed by atoms with van der Waals surface area (Å²) in [5, 5.41) is 8.70. The van der Waals surface area contributed by atoms with Gasteiger partial charge in [-0.15, -0.1) is 0 Å². The van der Waals surface area contributed by atoms with Crippen molar-refractivity contribution < 1.29 is 17.9 Å². The van der Waals surface area contributed by atoms with Gasteiger partial charge in [0.2, 0.25) is 0 Å². The lowest BCUT2D eigenvalue weighted by atomic mass is 10.1. The van der Waals surface area contributed by atoms with Crippen molar-refractivity contribution in [3.05, 3.63) is 35.1 Å². The maximum Gasteiger partial charge on any atom is 0.194 e. The summed E-state index contributed by atoms with van der Waals surface area (Å²) in [7, 11) is 0. The molecule has 1 aromatic rings. The average Bonchev–Trinajstić information content (AvgIpc) is 2.26. The number of halogens is 3. The van der Waals surface area contributed by atoms with E-state index in [0.29, 0.717) is 0 Å². The van der Waals surface area contributed by atoms with Gasteiger partial charge in [-0.25, -0.2) is 13.2 Å². The van der Waals surface area contributed by atoms with E-state index in [1.54, 1.807) is 6.07 Å². The molecule has 3 nitrogen and oxygen atoms in total. The van der Waals surface area contributed by atoms with Crippen LogP contribution in [0.15, 0.2) is 12.1 Å². The molecule has 1 aromatic carbocycles. The van der Waals surface area contributed by atoms with Crippen molar-refractivity contribution in [1.29, 1.82) is 5.26 Å². The predicted molar refractivity (Wildman–Crippen MR) is 49.7 cm³/mol. The second-order valence-electron chi connectivity index (χ2n) is 2.97. The maximum absolute atomic E-state index is 12.9. The minimum absolute atomic E-state index is 0.0683. The predicted octanol–water partition coefficient (Wildman–Crippen LogP) is 1.64. The number of hydrogen-bond donors (Lipinski definition) is 1. The van der Waals surface area contributed by atoms with E-state index >= 15 is 0 Å². The molecule has 86 valence electrons. The molecule has 0 bridgehead atoms. The number of nitrogens with zero attached hydrogens (tertiary/aromatic N) is 1. The summed E-state index contributed by atoms with van der Waals surface area (Å²) in [6, 6.07) is 3.14. The van der Waals surface area contributed by atoms with Gasteiger partial charge in [0.05, 0.1) is 12.7 Å². The zero-order valence-electron chi connectivity index (χ0n) is 8.21. The molecular formula is C10H9F3N2O. The van der Waals surface area contributed by atoms with E-state index in [1.165, 1.54) is 0 Å². The van der Waals surface area contributed by atoms with Gasteiger partial charge in [0, 0.05) is 12.1 Å². The molecule has 0 spiro atoms. The summed E-state index contributed by atoms with van der Waals surface area (Å²) in [5.41, 5.74) is 5.07. The third-order valence-corrected chi connectivity index (χ3v) is 1.83. The summed E-state index contributed by atoms with van der Waals surface area (Å²) in [5.74, 6) is -4.28. The van der Waals surface area contributed by atoms with Crippen LogP contribution in [0.1, 0.15) is 11.7 Å². The molecule has 6 heteroatoms. The van der Waals surface area contributed by atoms with Gasteiger partial charge in [-0.2, -0.15) is 5.26 Å². The van der Waals surface area contributed by atoms with Gasteiger partial charge >= 0.3 is 0 Å². The number of hydrogen-bond acceptors (Lipinski definition) is 3. The molecule has 0 radical (unpaired) electrons. The fourth-order valence-electron chi connectivity index (χ4n) is 1.12. The molecule has 1 atom stereocenters. The van der Waals surface area contributed by atoms with E-state index in [1.807, 2.05) is 0 Å². The van der Waals surface area contributed by atoms with Crippen LogP contribution in [0.25, 0.3) is 0 Å². The zero-order chi connectivity index (χ0) is 12.1. The number of ether oxygens (including phenoxy) is 1. The van der Waals surface area contributed by atoms with E-state index in [-0.39, 0.29) is 18.7 Å². The van der Waals surface area contributed by atoms with Crippen molar-refractivity contribution in [3.8, 4) is 6.07 Å². The molecule has 16 heavy (non-hydrogen) atoms. The Kier molecular flexibility index (Phi) is 4.28. The normalized spacial score (nSPS) is 12.2. The van der Waals surface area contributed by atoms with E-state index in [9.17, 15) is 13.2 Å². The van der Waals surface area contributed by atoms with Gasteiger partial charge in [-0.1, -0.05) is 0 Å². The summed E-state index contributed by atoms with van der Waals surface area (Å²) in [6.45, 7) is 0.239. The molecule has 0 amide bonds. The first-order valence-electron chi connectivity index (χ1n) is 4.46. The Balaban J connectivity index is 2.98. The molecule has 0 aliphatic heterocycles. The van der Waals surface area contributed by atoms with Crippen LogP contribution in [0.5, 0.6) is 0 Å². The van der Waals surface area contributed by atoms with Gasteiger partial charge in [-0.3, -0.25) is 0 Å². The molecule has 0 heterocycles. The van der Waals surface area contributed by atoms with Crippen LogP contribution < -0.4 is 5.73 Å². The third kappa shape index (κ3) is 2.72. The van der Waals surface area contributed by atoms with Crippen molar-refractivity contribution in [2.24, 2.45) is 5.73 Å². The monoisotopic (exact) mass is 230 g/mol. The van der Waals surface area contributed by atoms with E-state index in [0.717, 1.165) is 12.1 Å². The lowest BCUT2D eigenvalue weighted by molar-refractivity contribution is 0.0962. The van der Waals surface area contributed by atoms with E-state index in [2.05, 4.69) is 0 Å². The van der Waals surface area contributed by atoms with Crippen LogP contribution in [-0.4, -0.2) is 13.2 Å². The smallest absolute Gasteiger partial charge is 0.194 e. The number of rotatable bonds is 4. The number of benzene rings is 1. The minimum atomic E-state index is -1.57. The highest BCUT2D eigenvalue weighted by Gasteiger charge is 2.17. The topological polar surface area (TPSA) is 59.0 Å². The molecule has 2 N–H and O–H groups in total. The van der Waals surface area contributed by atoms with Crippen LogP contribution in [0, 0.1) is 28.8 Å². The van der Waals surface area contributed by atoms with Crippen LogP contribution >= 0.6 is 0 Å². The largest absolute Gasteiger partial charge is 0.357 e. The minimum Gasteiger partial charge on any atom is -0.357 e. The molecule has 0 saturated heterocycles. The van der Waals surface area contributed by atoms with Gasteiger partial charge in [-0.05, 0) is 12.1 Å². The standard InChI is InChI=1S/C10H9F3N2O/c11-7-3-6(4-8(12)10(7)13)9(5-15)16-2-1-14/h3-4,9H,1-2,14H2. The van der Waals surface area contributed by atoms with Crippen molar-refractivity contribution >= 4 is 0 Å². The molecule has 0 aliphatic carbocycles. The molecule has 0 aliphatic rings.